The van der Waals surface area contributed by atoms with Crippen LogP contribution in [0.5, 0.6) is 0 Å². The summed E-state index contributed by atoms with van der Waals surface area (Å²) < 4.78 is 0.661. The molecule has 1 amide bonds. The number of hydrogen-bond donors (Lipinski definition) is 0. The molecule has 3 rings (SSSR count). The van der Waals surface area contributed by atoms with Crippen molar-refractivity contribution in [2.75, 3.05) is 11.4 Å². The topological polar surface area (TPSA) is 50.3 Å². The molecule has 5 heteroatoms. The van der Waals surface area contributed by atoms with Crippen LogP contribution in [0.3, 0.4) is 0 Å². The molecule has 1 aliphatic heterocycles. The summed E-state index contributed by atoms with van der Waals surface area (Å²) in [6, 6.07) is 11.0. The number of hydrogen-bond acceptors (Lipinski definition) is 3. The molecular formula is C15H11BrN2O2. The summed E-state index contributed by atoms with van der Waals surface area (Å²) >= 11 is 3.33. The van der Waals surface area contributed by atoms with E-state index in [0.717, 1.165) is 5.69 Å². The van der Waals surface area contributed by atoms with E-state index in [9.17, 15) is 9.59 Å². The predicted molar refractivity (Wildman–Crippen MR) is 78.8 cm³/mol. The molecule has 0 atom stereocenters. The Morgan fingerprint density at radius 1 is 1.10 bits per heavy atom. The molecule has 0 unspecified atom stereocenters. The molecule has 0 bridgehead atoms. The fourth-order valence-corrected chi connectivity index (χ4v) is 2.83. The van der Waals surface area contributed by atoms with Crippen LogP contribution in [0.1, 0.15) is 16.1 Å². The van der Waals surface area contributed by atoms with Crippen molar-refractivity contribution in [3.05, 3.63) is 58.3 Å². The Morgan fingerprint density at radius 2 is 1.95 bits per heavy atom. The zero-order valence-electron chi connectivity index (χ0n) is 10.5. The van der Waals surface area contributed by atoms with Gasteiger partial charge in [0.1, 0.15) is 0 Å². The predicted octanol–water partition coefficient (Wildman–Crippen LogP) is 2.62. The zero-order valence-corrected chi connectivity index (χ0v) is 12.1. The highest BCUT2D eigenvalue weighted by Gasteiger charge is 2.36. The van der Waals surface area contributed by atoms with Crippen molar-refractivity contribution in [3.63, 3.8) is 0 Å². The Kier molecular flexibility index (Phi) is 3.36. The molecule has 0 spiro atoms. The van der Waals surface area contributed by atoms with Crippen LogP contribution in [0.4, 0.5) is 5.69 Å². The van der Waals surface area contributed by atoms with Crippen molar-refractivity contribution in [2.24, 2.45) is 0 Å². The van der Waals surface area contributed by atoms with Gasteiger partial charge in [-0.3, -0.25) is 14.6 Å². The van der Waals surface area contributed by atoms with E-state index in [1.807, 2.05) is 24.3 Å². The SMILES string of the molecule is O=C1C(=O)N(CCc2ccccn2)c2cccc(Br)c21. The second-order valence-corrected chi connectivity index (χ2v) is 5.35. The molecule has 2 heterocycles. The average Bonchev–Trinajstić information content (AvgIpc) is 2.71. The largest absolute Gasteiger partial charge is 0.304 e. The number of halogens is 1. The van der Waals surface area contributed by atoms with E-state index < -0.39 is 11.7 Å². The standard InChI is InChI=1S/C15H11BrN2O2/c16-11-5-3-6-12-13(11)14(19)15(20)18(12)9-7-10-4-1-2-8-17-10/h1-6,8H,7,9H2. The minimum atomic E-state index is -0.470. The number of fused-ring (bicyclic) bond motifs is 1. The van der Waals surface area contributed by atoms with Crippen molar-refractivity contribution in [1.29, 1.82) is 0 Å². The van der Waals surface area contributed by atoms with Crippen molar-refractivity contribution >= 4 is 33.3 Å². The number of anilines is 1. The van der Waals surface area contributed by atoms with Crippen LogP contribution in [-0.4, -0.2) is 23.2 Å². The first-order valence-electron chi connectivity index (χ1n) is 6.23. The molecule has 100 valence electrons. The fourth-order valence-electron chi connectivity index (χ4n) is 2.30. The quantitative estimate of drug-likeness (QED) is 0.813. The molecule has 0 fully saturated rings. The summed E-state index contributed by atoms with van der Waals surface area (Å²) in [5, 5.41) is 0. The molecule has 0 radical (unpaired) electrons. The second kappa shape index (κ2) is 5.17. The Balaban J connectivity index is 1.87. The maximum absolute atomic E-state index is 12.1. The third-order valence-corrected chi connectivity index (χ3v) is 3.93. The van der Waals surface area contributed by atoms with Crippen molar-refractivity contribution < 1.29 is 9.59 Å². The van der Waals surface area contributed by atoms with E-state index >= 15 is 0 Å². The minimum absolute atomic E-state index is 0.449. The van der Waals surface area contributed by atoms with Crippen molar-refractivity contribution in [3.8, 4) is 0 Å². The lowest BCUT2D eigenvalue weighted by Gasteiger charge is -2.16. The van der Waals surface area contributed by atoms with Gasteiger partial charge in [0, 0.05) is 29.3 Å². The number of rotatable bonds is 3. The van der Waals surface area contributed by atoms with Crippen LogP contribution in [-0.2, 0) is 11.2 Å². The molecular weight excluding hydrogens is 320 g/mol. The molecule has 0 saturated carbocycles. The molecule has 0 N–H and O–H groups in total. The molecule has 1 aromatic heterocycles. The van der Waals surface area contributed by atoms with Crippen LogP contribution >= 0.6 is 15.9 Å². The number of benzene rings is 1. The van der Waals surface area contributed by atoms with Crippen LogP contribution < -0.4 is 4.90 Å². The number of pyridine rings is 1. The van der Waals surface area contributed by atoms with Gasteiger partial charge < -0.3 is 4.90 Å². The Hall–Kier alpha value is -2.01. The number of nitrogens with zero attached hydrogens (tertiary/aromatic N) is 2. The van der Waals surface area contributed by atoms with E-state index in [1.165, 1.54) is 4.90 Å². The Morgan fingerprint density at radius 3 is 2.70 bits per heavy atom. The van der Waals surface area contributed by atoms with Gasteiger partial charge in [-0.1, -0.05) is 12.1 Å². The van der Waals surface area contributed by atoms with Crippen LogP contribution in [0.2, 0.25) is 0 Å². The van der Waals surface area contributed by atoms with E-state index in [-0.39, 0.29) is 0 Å². The third kappa shape index (κ3) is 2.14. The maximum Gasteiger partial charge on any atom is 0.299 e. The molecule has 1 aromatic carbocycles. The van der Waals surface area contributed by atoms with Crippen LogP contribution in [0.25, 0.3) is 0 Å². The van der Waals surface area contributed by atoms with Crippen LogP contribution in [0, 0.1) is 0 Å². The number of ketones is 1. The highest BCUT2D eigenvalue weighted by molar-refractivity contribution is 9.10. The van der Waals surface area contributed by atoms with Crippen molar-refractivity contribution in [1.82, 2.24) is 4.98 Å². The number of carbonyl (C=O) groups is 2. The Labute approximate surface area is 124 Å². The van der Waals surface area contributed by atoms with E-state index in [4.69, 9.17) is 0 Å². The van der Waals surface area contributed by atoms with E-state index in [1.54, 1.807) is 18.3 Å². The lowest BCUT2D eigenvalue weighted by atomic mass is 10.1. The molecule has 0 aliphatic carbocycles. The summed E-state index contributed by atoms with van der Waals surface area (Å²) in [6.07, 6.45) is 2.34. The summed E-state index contributed by atoms with van der Waals surface area (Å²) in [7, 11) is 0. The van der Waals surface area contributed by atoms with Gasteiger partial charge in [-0.05, 0) is 40.2 Å². The summed E-state index contributed by atoms with van der Waals surface area (Å²) in [5.74, 6) is -0.920. The zero-order chi connectivity index (χ0) is 14.1. The number of carbonyl (C=O) groups excluding carboxylic acids is 2. The van der Waals surface area contributed by atoms with Gasteiger partial charge in [0.25, 0.3) is 11.7 Å². The van der Waals surface area contributed by atoms with E-state index in [2.05, 4.69) is 20.9 Å². The van der Waals surface area contributed by atoms with E-state index in [0.29, 0.717) is 28.7 Å². The van der Waals surface area contributed by atoms with Gasteiger partial charge in [0.2, 0.25) is 0 Å². The molecule has 4 nitrogen and oxygen atoms in total. The van der Waals surface area contributed by atoms with Gasteiger partial charge in [0.05, 0.1) is 11.3 Å². The van der Waals surface area contributed by atoms with Gasteiger partial charge in [-0.25, -0.2) is 0 Å². The summed E-state index contributed by atoms with van der Waals surface area (Å²) in [6.45, 7) is 0.449. The monoisotopic (exact) mass is 330 g/mol. The maximum atomic E-state index is 12.1. The van der Waals surface area contributed by atoms with Gasteiger partial charge in [0.15, 0.2) is 0 Å². The summed E-state index contributed by atoms with van der Waals surface area (Å²) in [5.41, 5.74) is 2.03. The first-order valence-corrected chi connectivity index (χ1v) is 7.02. The fraction of sp³-hybridized carbons (Fsp3) is 0.133. The van der Waals surface area contributed by atoms with Gasteiger partial charge >= 0.3 is 0 Å². The normalized spacial score (nSPS) is 13.8. The summed E-state index contributed by atoms with van der Waals surface area (Å²) in [4.78, 5) is 29.8. The average molecular weight is 331 g/mol. The highest BCUT2D eigenvalue weighted by atomic mass is 79.9. The third-order valence-electron chi connectivity index (χ3n) is 3.27. The molecule has 2 aromatic rings. The second-order valence-electron chi connectivity index (χ2n) is 4.49. The van der Waals surface area contributed by atoms with Crippen LogP contribution in [0.15, 0.2) is 47.1 Å². The molecule has 0 saturated heterocycles. The lowest BCUT2D eigenvalue weighted by Crippen LogP contribution is -2.31. The first-order chi connectivity index (χ1) is 9.68. The molecule has 20 heavy (non-hydrogen) atoms. The highest BCUT2D eigenvalue weighted by Crippen LogP contribution is 2.34. The van der Waals surface area contributed by atoms with Gasteiger partial charge in [-0.2, -0.15) is 0 Å². The lowest BCUT2D eigenvalue weighted by molar-refractivity contribution is -0.114. The smallest absolute Gasteiger partial charge is 0.299 e. The number of amides is 1. The number of aromatic nitrogens is 1. The van der Waals surface area contributed by atoms with Gasteiger partial charge in [-0.15, -0.1) is 0 Å². The van der Waals surface area contributed by atoms with Crippen molar-refractivity contribution in [2.45, 2.75) is 6.42 Å². The Bertz CT molecular complexity index is 686. The minimum Gasteiger partial charge on any atom is -0.304 e. The molecule has 1 aliphatic rings. The number of Topliss-reactive ketones (excluding diaryl/α,β-unsaturated/α-hetero) is 1. The first kappa shape index (κ1) is 13.0.